The number of hydrogen-bond donors (Lipinski definition) is 0. The van der Waals surface area contributed by atoms with E-state index in [9.17, 15) is 20.1 Å². The molecule has 0 fully saturated rings. The first-order valence-corrected chi connectivity index (χ1v) is 4.39. The second-order valence-corrected chi connectivity index (χ2v) is 3.14. The van der Waals surface area contributed by atoms with Gasteiger partial charge in [-0.2, -0.15) is 4.73 Å². The lowest BCUT2D eigenvalue weighted by atomic mass is 10.1. The molecular weight excluding hydrogens is 212 g/mol. The van der Waals surface area contributed by atoms with Crippen molar-refractivity contribution in [3.8, 4) is 0 Å². The van der Waals surface area contributed by atoms with Crippen molar-refractivity contribution in [3.63, 3.8) is 0 Å². The van der Waals surface area contributed by atoms with Crippen LogP contribution in [-0.4, -0.2) is 11.2 Å². The van der Waals surface area contributed by atoms with Crippen LogP contribution >= 0.6 is 0 Å². The predicted molar refractivity (Wildman–Crippen MR) is 54.9 cm³/mol. The van der Waals surface area contributed by atoms with E-state index in [2.05, 4.69) is 0 Å². The molecular formula is C10H6N2O4. The van der Waals surface area contributed by atoms with Crippen LogP contribution in [0.4, 0.5) is 5.69 Å². The van der Waals surface area contributed by atoms with Gasteiger partial charge in [0.05, 0.1) is 11.0 Å². The van der Waals surface area contributed by atoms with Gasteiger partial charge in [-0.15, -0.1) is 0 Å². The van der Waals surface area contributed by atoms with Gasteiger partial charge in [0.1, 0.15) is 5.39 Å². The van der Waals surface area contributed by atoms with E-state index in [1.165, 1.54) is 18.2 Å². The van der Waals surface area contributed by atoms with Crippen molar-refractivity contribution in [2.24, 2.45) is 0 Å². The number of rotatable bonds is 2. The second-order valence-electron chi connectivity index (χ2n) is 3.14. The normalized spacial score (nSPS) is 10.2. The summed E-state index contributed by atoms with van der Waals surface area (Å²) >= 11 is 0. The van der Waals surface area contributed by atoms with Crippen molar-refractivity contribution >= 4 is 22.9 Å². The number of aldehydes is 1. The Hall–Kier alpha value is -2.50. The monoisotopic (exact) mass is 218 g/mol. The van der Waals surface area contributed by atoms with E-state index in [0.717, 1.165) is 12.3 Å². The minimum absolute atomic E-state index is 0.0694. The van der Waals surface area contributed by atoms with Gasteiger partial charge in [-0.25, -0.2) is 0 Å². The first-order chi connectivity index (χ1) is 7.65. The maximum absolute atomic E-state index is 11.4. The number of nitro groups is 1. The molecule has 0 aliphatic carbocycles. The quantitative estimate of drug-likeness (QED) is 0.249. The highest BCUT2D eigenvalue weighted by Crippen LogP contribution is 2.25. The summed E-state index contributed by atoms with van der Waals surface area (Å²) in [5, 5.41) is 22.2. The highest BCUT2D eigenvalue weighted by atomic mass is 16.6. The van der Waals surface area contributed by atoms with Gasteiger partial charge in [0.15, 0.2) is 12.5 Å². The van der Waals surface area contributed by atoms with Crippen molar-refractivity contribution in [2.45, 2.75) is 0 Å². The zero-order chi connectivity index (χ0) is 11.7. The molecule has 0 amide bonds. The lowest BCUT2D eigenvalue weighted by Crippen LogP contribution is -2.26. The zero-order valence-corrected chi connectivity index (χ0v) is 7.99. The minimum atomic E-state index is -0.616. The van der Waals surface area contributed by atoms with E-state index in [4.69, 9.17) is 0 Å². The van der Waals surface area contributed by atoms with Gasteiger partial charge in [0.2, 0.25) is 5.52 Å². The molecule has 6 heteroatoms. The van der Waals surface area contributed by atoms with Crippen LogP contribution in [0.1, 0.15) is 10.4 Å². The number of fused-ring (bicyclic) bond motifs is 1. The Morgan fingerprint density at radius 3 is 2.69 bits per heavy atom. The third kappa shape index (κ3) is 1.36. The van der Waals surface area contributed by atoms with Gasteiger partial charge in [0.25, 0.3) is 5.69 Å². The maximum Gasteiger partial charge on any atom is 0.290 e. The first-order valence-electron chi connectivity index (χ1n) is 4.39. The molecule has 0 aliphatic heterocycles. The molecule has 1 heterocycles. The van der Waals surface area contributed by atoms with Crippen LogP contribution in [0.2, 0.25) is 0 Å². The maximum atomic E-state index is 11.4. The van der Waals surface area contributed by atoms with Crippen LogP contribution < -0.4 is 4.73 Å². The van der Waals surface area contributed by atoms with E-state index in [0.29, 0.717) is 11.0 Å². The number of carbonyl (C=O) groups excluding carboxylic acids is 1. The Morgan fingerprint density at radius 2 is 2.06 bits per heavy atom. The van der Waals surface area contributed by atoms with Crippen molar-refractivity contribution in [3.05, 3.63) is 51.3 Å². The SMILES string of the molecule is O=Cc1cccc2c1c([N+](=O)[O-])cc[n+]2[O-]. The molecule has 2 rings (SSSR count). The summed E-state index contributed by atoms with van der Waals surface area (Å²) in [5.41, 5.74) is -0.00185. The summed E-state index contributed by atoms with van der Waals surface area (Å²) in [6, 6.07) is 5.46. The zero-order valence-electron chi connectivity index (χ0n) is 7.99. The largest absolute Gasteiger partial charge is 0.618 e. The fraction of sp³-hybridized carbons (Fsp3) is 0. The molecule has 0 aliphatic rings. The van der Waals surface area contributed by atoms with E-state index >= 15 is 0 Å². The fourth-order valence-electron chi connectivity index (χ4n) is 1.57. The van der Waals surface area contributed by atoms with Gasteiger partial charge in [0, 0.05) is 11.6 Å². The van der Waals surface area contributed by atoms with E-state index in [-0.39, 0.29) is 22.2 Å². The summed E-state index contributed by atoms with van der Waals surface area (Å²) in [6.07, 6.45) is 1.55. The molecule has 0 saturated carbocycles. The van der Waals surface area contributed by atoms with Crippen LogP contribution in [0.3, 0.4) is 0 Å². The van der Waals surface area contributed by atoms with Gasteiger partial charge < -0.3 is 5.21 Å². The van der Waals surface area contributed by atoms with Crippen LogP contribution in [0, 0.1) is 15.3 Å². The van der Waals surface area contributed by atoms with Crippen molar-refractivity contribution in [1.82, 2.24) is 0 Å². The molecule has 1 aromatic carbocycles. The number of benzene rings is 1. The fourth-order valence-corrected chi connectivity index (χ4v) is 1.57. The highest BCUT2D eigenvalue weighted by molar-refractivity contribution is 6.00. The Kier molecular flexibility index (Phi) is 2.24. The molecule has 0 bridgehead atoms. The van der Waals surface area contributed by atoms with E-state index < -0.39 is 4.92 Å². The van der Waals surface area contributed by atoms with Gasteiger partial charge in [-0.1, -0.05) is 12.1 Å². The predicted octanol–water partition coefficient (Wildman–Crippen LogP) is 1.19. The third-order valence-corrected chi connectivity index (χ3v) is 2.26. The lowest BCUT2D eigenvalue weighted by Gasteiger charge is -2.03. The molecule has 0 saturated heterocycles. The Bertz CT molecular complexity index is 595. The smallest absolute Gasteiger partial charge is 0.290 e. The number of carbonyl (C=O) groups is 1. The second kappa shape index (κ2) is 3.58. The minimum Gasteiger partial charge on any atom is -0.618 e. The summed E-state index contributed by atoms with van der Waals surface area (Å²) in [6.45, 7) is 0. The molecule has 6 nitrogen and oxygen atoms in total. The summed E-state index contributed by atoms with van der Waals surface area (Å²) in [5.74, 6) is 0. The Labute approximate surface area is 89.5 Å². The molecule has 0 radical (unpaired) electrons. The van der Waals surface area contributed by atoms with E-state index in [1.807, 2.05) is 0 Å². The van der Waals surface area contributed by atoms with Crippen LogP contribution in [0.15, 0.2) is 30.5 Å². The average molecular weight is 218 g/mol. The van der Waals surface area contributed by atoms with Crippen LogP contribution in [0.25, 0.3) is 10.9 Å². The average Bonchev–Trinajstić information content (AvgIpc) is 2.28. The molecule has 0 spiro atoms. The van der Waals surface area contributed by atoms with Crippen molar-refractivity contribution in [1.29, 1.82) is 0 Å². The topological polar surface area (TPSA) is 87.1 Å². The molecule has 80 valence electrons. The third-order valence-electron chi connectivity index (χ3n) is 2.26. The molecule has 0 atom stereocenters. The number of aromatic nitrogens is 1. The molecule has 1 aromatic heterocycles. The number of nitrogens with zero attached hydrogens (tertiary/aromatic N) is 2. The summed E-state index contributed by atoms with van der Waals surface area (Å²) < 4.78 is 0.495. The molecule has 2 aromatic rings. The first kappa shape index (κ1) is 10.0. The van der Waals surface area contributed by atoms with Gasteiger partial charge >= 0.3 is 0 Å². The Balaban J connectivity index is 2.99. The van der Waals surface area contributed by atoms with Crippen LogP contribution in [0.5, 0.6) is 0 Å². The molecule has 16 heavy (non-hydrogen) atoms. The highest BCUT2D eigenvalue weighted by Gasteiger charge is 2.20. The molecule has 0 N–H and O–H groups in total. The van der Waals surface area contributed by atoms with Gasteiger partial charge in [-0.3, -0.25) is 14.9 Å². The lowest BCUT2D eigenvalue weighted by molar-refractivity contribution is -0.577. The number of pyridine rings is 1. The van der Waals surface area contributed by atoms with Crippen molar-refractivity contribution < 1.29 is 14.4 Å². The van der Waals surface area contributed by atoms with Crippen molar-refractivity contribution in [2.75, 3.05) is 0 Å². The Morgan fingerprint density at radius 1 is 1.31 bits per heavy atom. The standard InChI is InChI=1S/C10H6N2O4/c13-6-7-2-1-3-8-10(7)9(12(15)16)4-5-11(8)14/h1-6H. The number of hydrogen-bond acceptors (Lipinski definition) is 4. The van der Waals surface area contributed by atoms with E-state index in [1.54, 1.807) is 0 Å². The summed E-state index contributed by atoms with van der Waals surface area (Å²) in [4.78, 5) is 20.9. The molecule has 0 unspecified atom stereocenters. The van der Waals surface area contributed by atoms with Gasteiger partial charge in [-0.05, 0) is 0 Å². The van der Waals surface area contributed by atoms with Crippen LogP contribution in [-0.2, 0) is 0 Å². The summed E-state index contributed by atoms with van der Waals surface area (Å²) in [7, 11) is 0.